The lowest BCUT2D eigenvalue weighted by molar-refractivity contribution is 0.271. The molecule has 1 unspecified atom stereocenters. The molecule has 1 fully saturated rings. The van der Waals surface area contributed by atoms with E-state index in [1.807, 2.05) is 12.1 Å². The van der Waals surface area contributed by atoms with E-state index in [1.165, 1.54) is 50.8 Å². The van der Waals surface area contributed by atoms with E-state index in [9.17, 15) is 0 Å². The maximum Gasteiger partial charge on any atom is 0.0471 e. The van der Waals surface area contributed by atoms with Gasteiger partial charge in [-0.25, -0.2) is 0 Å². The average molecular weight is 281 g/mol. The van der Waals surface area contributed by atoms with E-state index < -0.39 is 0 Å². The second-order valence-corrected chi connectivity index (χ2v) is 6.12. The van der Waals surface area contributed by atoms with Crippen LogP contribution in [0.5, 0.6) is 0 Å². The van der Waals surface area contributed by atoms with Crippen molar-refractivity contribution in [3.63, 3.8) is 0 Å². The highest BCUT2D eigenvalue weighted by molar-refractivity contribution is 6.31. The van der Waals surface area contributed by atoms with Crippen LogP contribution in [-0.2, 0) is 6.54 Å². The van der Waals surface area contributed by atoms with Crippen molar-refractivity contribution in [2.45, 2.75) is 45.6 Å². The van der Waals surface area contributed by atoms with Crippen molar-refractivity contribution >= 4 is 17.3 Å². The molecule has 19 heavy (non-hydrogen) atoms. The number of hydrogen-bond acceptors (Lipinski definition) is 2. The number of nitrogen functional groups attached to an aromatic ring is 1. The Morgan fingerprint density at radius 2 is 2.16 bits per heavy atom. The van der Waals surface area contributed by atoms with Gasteiger partial charge in [-0.05, 0) is 56.0 Å². The van der Waals surface area contributed by atoms with Gasteiger partial charge in [-0.1, -0.05) is 37.4 Å². The van der Waals surface area contributed by atoms with Gasteiger partial charge >= 0.3 is 0 Å². The molecule has 2 rings (SSSR count). The standard InChI is InChI=1S/C16H25ClN2/c1-2-4-13-5-3-9-19(10-8-13)12-14-6-7-15(18)11-16(14)17/h6-7,11,13H,2-5,8-10,12,18H2,1H3. The first-order valence-electron chi connectivity index (χ1n) is 7.45. The van der Waals surface area contributed by atoms with Crippen molar-refractivity contribution in [2.24, 2.45) is 5.92 Å². The van der Waals surface area contributed by atoms with Crippen molar-refractivity contribution < 1.29 is 0 Å². The Labute approximate surface area is 121 Å². The predicted molar refractivity (Wildman–Crippen MR) is 83.4 cm³/mol. The number of rotatable bonds is 4. The van der Waals surface area contributed by atoms with E-state index in [0.717, 1.165) is 23.2 Å². The molecule has 0 radical (unpaired) electrons. The molecule has 0 spiro atoms. The van der Waals surface area contributed by atoms with Gasteiger partial charge in [0.05, 0.1) is 0 Å². The lowest BCUT2D eigenvalue weighted by Crippen LogP contribution is -2.24. The van der Waals surface area contributed by atoms with E-state index in [-0.39, 0.29) is 0 Å². The van der Waals surface area contributed by atoms with Gasteiger partial charge in [-0.3, -0.25) is 4.90 Å². The number of benzene rings is 1. The van der Waals surface area contributed by atoms with E-state index >= 15 is 0 Å². The highest BCUT2D eigenvalue weighted by Crippen LogP contribution is 2.25. The maximum absolute atomic E-state index is 6.26. The molecule has 0 amide bonds. The smallest absolute Gasteiger partial charge is 0.0471 e. The van der Waals surface area contributed by atoms with Crippen LogP contribution in [0.25, 0.3) is 0 Å². The molecule has 1 saturated heterocycles. The Kier molecular flexibility index (Phi) is 5.53. The highest BCUT2D eigenvalue weighted by Gasteiger charge is 2.17. The van der Waals surface area contributed by atoms with E-state index in [1.54, 1.807) is 0 Å². The molecule has 0 aromatic heterocycles. The molecule has 2 nitrogen and oxygen atoms in total. The lowest BCUT2D eigenvalue weighted by Gasteiger charge is -2.21. The van der Waals surface area contributed by atoms with Crippen molar-refractivity contribution in [2.75, 3.05) is 18.8 Å². The predicted octanol–water partition coefficient (Wildman–Crippen LogP) is 4.32. The monoisotopic (exact) mass is 280 g/mol. The third kappa shape index (κ3) is 4.39. The number of likely N-dealkylation sites (tertiary alicyclic amines) is 1. The number of nitrogens with two attached hydrogens (primary N) is 1. The minimum Gasteiger partial charge on any atom is -0.399 e. The second-order valence-electron chi connectivity index (χ2n) is 5.71. The molecular weight excluding hydrogens is 256 g/mol. The molecule has 1 aliphatic rings. The van der Waals surface area contributed by atoms with Gasteiger partial charge < -0.3 is 5.73 Å². The molecule has 1 heterocycles. The van der Waals surface area contributed by atoms with E-state index in [2.05, 4.69) is 17.9 Å². The maximum atomic E-state index is 6.26. The molecule has 0 aliphatic carbocycles. The Morgan fingerprint density at radius 3 is 2.89 bits per heavy atom. The van der Waals surface area contributed by atoms with Gasteiger partial charge in [0.15, 0.2) is 0 Å². The molecule has 3 heteroatoms. The quantitative estimate of drug-likeness (QED) is 0.832. The SMILES string of the molecule is CCCC1CCCN(Cc2ccc(N)cc2Cl)CC1. The fraction of sp³-hybridized carbons (Fsp3) is 0.625. The second kappa shape index (κ2) is 7.16. The molecule has 106 valence electrons. The van der Waals surface area contributed by atoms with Gasteiger partial charge in [-0.2, -0.15) is 0 Å². The van der Waals surface area contributed by atoms with Crippen molar-refractivity contribution in [3.8, 4) is 0 Å². The normalized spacial score (nSPS) is 21.3. The van der Waals surface area contributed by atoms with Crippen LogP contribution in [-0.4, -0.2) is 18.0 Å². The first-order chi connectivity index (χ1) is 9.19. The summed E-state index contributed by atoms with van der Waals surface area (Å²) in [7, 11) is 0. The van der Waals surface area contributed by atoms with Gasteiger partial charge in [0, 0.05) is 17.3 Å². The summed E-state index contributed by atoms with van der Waals surface area (Å²) in [6.07, 6.45) is 6.74. The summed E-state index contributed by atoms with van der Waals surface area (Å²) >= 11 is 6.26. The van der Waals surface area contributed by atoms with E-state index in [0.29, 0.717) is 0 Å². The minimum atomic E-state index is 0.743. The Morgan fingerprint density at radius 1 is 1.32 bits per heavy atom. The summed E-state index contributed by atoms with van der Waals surface area (Å²) < 4.78 is 0. The van der Waals surface area contributed by atoms with Crippen LogP contribution in [0.1, 0.15) is 44.6 Å². The first-order valence-corrected chi connectivity index (χ1v) is 7.83. The van der Waals surface area contributed by atoms with Crippen molar-refractivity contribution in [3.05, 3.63) is 28.8 Å². The fourth-order valence-electron chi connectivity index (χ4n) is 3.01. The summed E-state index contributed by atoms with van der Waals surface area (Å²) in [5.74, 6) is 0.928. The third-order valence-corrected chi connectivity index (χ3v) is 4.46. The van der Waals surface area contributed by atoms with Crippen LogP contribution in [0.15, 0.2) is 18.2 Å². The Bertz CT molecular complexity index is 406. The molecule has 1 atom stereocenters. The molecular formula is C16H25ClN2. The van der Waals surface area contributed by atoms with Crippen LogP contribution < -0.4 is 5.73 Å². The van der Waals surface area contributed by atoms with Crippen molar-refractivity contribution in [1.29, 1.82) is 0 Å². The van der Waals surface area contributed by atoms with Gasteiger partial charge in [0.25, 0.3) is 0 Å². The van der Waals surface area contributed by atoms with Crippen LogP contribution in [0, 0.1) is 5.92 Å². The Balaban J connectivity index is 1.92. The van der Waals surface area contributed by atoms with Crippen LogP contribution >= 0.6 is 11.6 Å². The molecule has 1 aromatic carbocycles. The van der Waals surface area contributed by atoms with Crippen molar-refractivity contribution in [1.82, 2.24) is 4.90 Å². The third-order valence-electron chi connectivity index (χ3n) is 4.11. The summed E-state index contributed by atoms with van der Waals surface area (Å²) in [5, 5.41) is 0.800. The number of anilines is 1. The number of halogens is 1. The minimum absolute atomic E-state index is 0.743. The highest BCUT2D eigenvalue weighted by atomic mass is 35.5. The topological polar surface area (TPSA) is 29.3 Å². The molecule has 0 saturated carbocycles. The van der Waals surface area contributed by atoms with Crippen LogP contribution in [0.4, 0.5) is 5.69 Å². The van der Waals surface area contributed by atoms with Gasteiger partial charge in [0.1, 0.15) is 0 Å². The Hall–Kier alpha value is -0.730. The van der Waals surface area contributed by atoms with Crippen LogP contribution in [0.2, 0.25) is 5.02 Å². The van der Waals surface area contributed by atoms with Gasteiger partial charge in [-0.15, -0.1) is 0 Å². The van der Waals surface area contributed by atoms with E-state index in [4.69, 9.17) is 17.3 Å². The van der Waals surface area contributed by atoms with Crippen LogP contribution in [0.3, 0.4) is 0 Å². The zero-order valence-corrected chi connectivity index (χ0v) is 12.6. The summed E-state index contributed by atoms with van der Waals surface area (Å²) in [6, 6.07) is 5.86. The molecule has 0 bridgehead atoms. The first kappa shape index (κ1) is 14.7. The lowest BCUT2D eigenvalue weighted by atomic mass is 9.96. The number of hydrogen-bond donors (Lipinski definition) is 1. The molecule has 1 aliphatic heterocycles. The zero-order valence-electron chi connectivity index (χ0n) is 11.9. The molecule has 2 N–H and O–H groups in total. The summed E-state index contributed by atoms with van der Waals surface area (Å²) in [6.45, 7) is 5.64. The summed E-state index contributed by atoms with van der Waals surface area (Å²) in [4.78, 5) is 2.53. The average Bonchev–Trinajstić information content (AvgIpc) is 2.59. The number of nitrogens with zero attached hydrogens (tertiary/aromatic N) is 1. The van der Waals surface area contributed by atoms with Gasteiger partial charge in [0.2, 0.25) is 0 Å². The fourth-order valence-corrected chi connectivity index (χ4v) is 3.26. The zero-order chi connectivity index (χ0) is 13.7. The largest absolute Gasteiger partial charge is 0.399 e. The molecule has 1 aromatic rings. The summed E-state index contributed by atoms with van der Waals surface area (Å²) in [5.41, 5.74) is 7.68.